The summed E-state index contributed by atoms with van der Waals surface area (Å²) in [7, 11) is 0. The first-order chi connectivity index (χ1) is 8.18. The van der Waals surface area contributed by atoms with Crippen molar-refractivity contribution in [3.63, 3.8) is 0 Å². The van der Waals surface area contributed by atoms with Crippen molar-refractivity contribution in [2.75, 3.05) is 25.0 Å². The van der Waals surface area contributed by atoms with Gasteiger partial charge in [0.1, 0.15) is 0 Å². The normalized spacial score (nSPS) is 25.3. The van der Waals surface area contributed by atoms with Gasteiger partial charge in [-0.1, -0.05) is 0 Å². The molecule has 0 amide bonds. The van der Waals surface area contributed by atoms with E-state index < -0.39 is 11.4 Å². The summed E-state index contributed by atoms with van der Waals surface area (Å²) in [5.74, 6) is -0.120. The summed E-state index contributed by atoms with van der Waals surface area (Å²) in [5, 5.41) is 16.5. The Morgan fingerprint density at radius 3 is 2.88 bits per heavy atom. The molecule has 1 aromatic heterocycles. The third-order valence-electron chi connectivity index (χ3n) is 2.96. The van der Waals surface area contributed by atoms with Crippen molar-refractivity contribution in [3.8, 4) is 0 Å². The Balaban J connectivity index is 1.89. The Kier molecular flexibility index (Phi) is 3.86. The highest BCUT2D eigenvalue weighted by molar-refractivity contribution is 5.23. The van der Waals surface area contributed by atoms with Crippen LogP contribution in [0.25, 0.3) is 0 Å². The van der Waals surface area contributed by atoms with Crippen molar-refractivity contribution in [2.24, 2.45) is 0 Å². The second kappa shape index (κ2) is 5.37. The van der Waals surface area contributed by atoms with E-state index in [0.717, 1.165) is 38.3 Å². The fourth-order valence-corrected chi connectivity index (χ4v) is 1.94. The summed E-state index contributed by atoms with van der Waals surface area (Å²) in [5.41, 5.74) is -0.735. The lowest BCUT2D eigenvalue weighted by molar-refractivity contribution is 0.0412. The highest BCUT2D eigenvalue weighted by Gasteiger charge is 2.27. The molecule has 1 aromatic rings. The molecule has 1 aliphatic rings. The van der Waals surface area contributed by atoms with Crippen LogP contribution in [-0.4, -0.2) is 40.3 Å². The maximum Gasteiger partial charge on any atom is 0.222 e. The zero-order valence-electron chi connectivity index (χ0n) is 9.62. The lowest BCUT2D eigenvalue weighted by atomic mass is 9.95. The highest BCUT2D eigenvalue weighted by atomic mass is 19.1. The number of nitrogens with one attached hydrogen (secondary N) is 2. The third kappa shape index (κ3) is 3.61. The molecule has 1 unspecified atom stereocenters. The molecule has 1 saturated heterocycles. The van der Waals surface area contributed by atoms with Crippen molar-refractivity contribution < 1.29 is 9.50 Å². The van der Waals surface area contributed by atoms with Gasteiger partial charge in [0.15, 0.2) is 5.82 Å². The fourth-order valence-electron chi connectivity index (χ4n) is 1.94. The van der Waals surface area contributed by atoms with E-state index >= 15 is 0 Å². The molecule has 0 saturated carbocycles. The molecule has 6 heteroatoms. The average Bonchev–Trinajstić information content (AvgIpc) is 2.54. The summed E-state index contributed by atoms with van der Waals surface area (Å²) in [6, 6.07) is 0. The summed E-state index contributed by atoms with van der Waals surface area (Å²) < 4.78 is 12.6. The Morgan fingerprint density at radius 1 is 1.35 bits per heavy atom. The first-order valence-corrected chi connectivity index (χ1v) is 5.82. The molecule has 94 valence electrons. The van der Waals surface area contributed by atoms with Crippen LogP contribution in [0.5, 0.6) is 0 Å². The molecule has 0 bridgehead atoms. The number of nitrogens with zero attached hydrogens (tertiary/aromatic N) is 2. The molecule has 2 heterocycles. The van der Waals surface area contributed by atoms with Gasteiger partial charge in [0.05, 0.1) is 18.0 Å². The van der Waals surface area contributed by atoms with Crippen LogP contribution < -0.4 is 10.6 Å². The molecule has 5 nitrogen and oxygen atoms in total. The van der Waals surface area contributed by atoms with Gasteiger partial charge < -0.3 is 15.7 Å². The Bertz CT molecular complexity index is 349. The van der Waals surface area contributed by atoms with Crippen molar-refractivity contribution in [1.29, 1.82) is 0 Å². The van der Waals surface area contributed by atoms with Crippen molar-refractivity contribution in [1.82, 2.24) is 15.3 Å². The second-order valence-electron chi connectivity index (χ2n) is 4.41. The van der Waals surface area contributed by atoms with E-state index in [1.54, 1.807) is 0 Å². The minimum absolute atomic E-state index is 0.344. The zero-order chi connectivity index (χ0) is 12.1. The zero-order valence-corrected chi connectivity index (χ0v) is 9.62. The quantitative estimate of drug-likeness (QED) is 0.719. The topological polar surface area (TPSA) is 70.1 Å². The summed E-state index contributed by atoms with van der Waals surface area (Å²) in [6.07, 6.45) is 4.60. The van der Waals surface area contributed by atoms with Crippen molar-refractivity contribution in [3.05, 3.63) is 18.2 Å². The summed E-state index contributed by atoms with van der Waals surface area (Å²) in [4.78, 5) is 7.59. The molecular weight excluding hydrogens is 223 g/mol. The lowest BCUT2D eigenvalue weighted by Crippen LogP contribution is -2.38. The minimum Gasteiger partial charge on any atom is -0.388 e. The van der Waals surface area contributed by atoms with E-state index in [2.05, 4.69) is 20.6 Å². The van der Waals surface area contributed by atoms with Crippen molar-refractivity contribution in [2.45, 2.75) is 24.9 Å². The van der Waals surface area contributed by atoms with E-state index in [1.165, 1.54) is 0 Å². The highest BCUT2D eigenvalue weighted by Crippen LogP contribution is 2.19. The summed E-state index contributed by atoms with van der Waals surface area (Å²) in [6.45, 7) is 2.14. The van der Waals surface area contributed by atoms with Gasteiger partial charge in [0.25, 0.3) is 0 Å². The van der Waals surface area contributed by atoms with Crippen LogP contribution in [0.1, 0.15) is 19.3 Å². The van der Waals surface area contributed by atoms with Gasteiger partial charge in [-0.25, -0.2) is 14.4 Å². The molecule has 1 atom stereocenters. The predicted octanol–water partition coefficient (Wildman–Crippen LogP) is 0.532. The van der Waals surface area contributed by atoms with E-state index in [9.17, 15) is 9.50 Å². The van der Waals surface area contributed by atoms with Gasteiger partial charge in [-0.15, -0.1) is 0 Å². The number of hydrogen-bond acceptors (Lipinski definition) is 5. The van der Waals surface area contributed by atoms with E-state index in [4.69, 9.17) is 0 Å². The molecular formula is C11H17FN4O. The molecule has 0 spiro atoms. The number of rotatable bonds is 3. The van der Waals surface area contributed by atoms with Crippen molar-refractivity contribution >= 4 is 5.95 Å². The van der Waals surface area contributed by atoms with Gasteiger partial charge in [-0.3, -0.25) is 0 Å². The van der Waals surface area contributed by atoms with Crippen LogP contribution in [-0.2, 0) is 0 Å². The van der Waals surface area contributed by atoms with Crippen LogP contribution in [0.15, 0.2) is 12.4 Å². The second-order valence-corrected chi connectivity index (χ2v) is 4.41. The maximum absolute atomic E-state index is 12.6. The number of halogens is 1. The molecule has 1 aliphatic heterocycles. The first kappa shape index (κ1) is 12.2. The number of aliphatic hydroxyl groups is 1. The van der Waals surface area contributed by atoms with Gasteiger partial charge in [0.2, 0.25) is 5.95 Å². The SMILES string of the molecule is OC1(CNc2ncc(F)cn2)CCCNCC1. The van der Waals surface area contributed by atoms with Gasteiger partial charge in [-0.05, 0) is 32.4 Å². The first-order valence-electron chi connectivity index (χ1n) is 5.82. The number of anilines is 1. The maximum atomic E-state index is 12.6. The monoisotopic (exact) mass is 240 g/mol. The number of aromatic nitrogens is 2. The smallest absolute Gasteiger partial charge is 0.222 e. The van der Waals surface area contributed by atoms with Gasteiger partial charge in [-0.2, -0.15) is 0 Å². The Labute approximate surface area is 99.5 Å². The standard InChI is InChI=1S/C11H17FN4O/c12-9-6-14-10(15-7-9)16-8-11(17)2-1-4-13-5-3-11/h6-7,13,17H,1-5,8H2,(H,14,15,16). The number of hydrogen-bond donors (Lipinski definition) is 3. The Morgan fingerprint density at radius 2 is 2.12 bits per heavy atom. The fraction of sp³-hybridized carbons (Fsp3) is 0.636. The molecule has 3 N–H and O–H groups in total. The molecule has 0 aliphatic carbocycles. The van der Waals surface area contributed by atoms with Gasteiger partial charge in [0, 0.05) is 6.54 Å². The molecule has 1 fully saturated rings. The van der Waals surface area contributed by atoms with E-state index in [-0.39, 0.29) is 0 Å². The van der Waals surface area contributed by atoms with E-state index in [0.29, 0.717) is 18.9 Å². The van der Waals surface area contributed by atoms with Crippen LogP contribution in [0.3, 0.4) is 0 Å². The summed E-state index contributed by atoms with van der Waals surface area (Å²) >= 11 is 0. The van der Waals surface area contributed by atoms with E-state index in [1.807, 2.05) is 0 Å². The van der Waals surface area contributed by atoms with Crippen LogP contribution >= 0.6 is 0 Å². The molecule has 17 heavy (non-hydrogen) atoms. The molecule has 0 aromatic carbocycles. The predicted molar refractivity (Wildman–Crippen MR) is 62.2 cm³/mol. The molecule has 2 rings (SSSR count). The molecule has 0 radical (unpaired) electrons. The van der Waals surface area contributed by atoms with Crippen LogP contribution in [0.2, 0.25) is 0 Å². The van der Waals surface area contributed by atoms with Crippen LogP contribution in [0, 0.1) is 5.82 Å². The lowest BCUT2D eigenvalue weighted by Gasteiger charge is -2.26. The largest absolute Gasteiger partial charge is 0.388 e. The van der Waals surface area contributed by atoms with Gasteiger partial charge >= 0.3 is 0 Å². The minimum atomic E-state index is -0.735. The third-order valence-corrected chi connectivity index (χ3v) is 2.96. The van der Waals surface area contributed by atoms with Crippen LogP contribution in [0.4, 0.5) is 10.3 Å². The average molecular weight is 240 g/mol. The Hall–Kier alpha value is -1.27.